The van der Waals surface area contributed by atoms with Crippen LogP contribution >= 0.6 is 7.82 Å². The summed E-state index contributed by atoms with van der Waals surface area (Å²) in [7, 11) is -5.12. The van der Waals surface area contributed by atoms with E-state index in [4.69, 9.17) is 18.5 Å². The van der Waals surface area contributed by atoms with Gasteiger partial charge in [-0.3, -0.25) is 18.6 Å². The number of rotatable bonds is 35. The first kappa shape index (κ1) is 53.1. The smallest absolute Gasteiger partial charge is 0.462 e. The van der Waals surface area contributed by atoms with E-state index in [2.05, 4.69) is 50.3 Å². The Morgan fingerprint density at radius 3 is 1.49 bits per heavy atom. The minimum absolute atomic E-state index is 0.0841. The molecule has 0 aromatic carbocycles. The van der Waals surface area contributed by atoms with E-state index in [1.54, 1.807) is 0 Å². The van der Waals surface area contributed by atoms with Crippen LogP contribution in [0.15, 0.2) is 36.5 Å². The minimum Gasteiger partial charge on any atom is -0.462 e. The maximum Gasteiger partial charge on any atom is 0.472 e. The third kappa shape index (κ3) is 26.7. The number of aliphatic hydroxyl groups is 5. The van der Waals surface area contributed by atoms with Crippen molar-refractivity contribution >= 4 is 19.8 Å². The van der Waals surface area contributed by atoms with Gasteiger partial charge in [-0.15, -0.1) is 0 Å². The zero-order valence-electron chi connectivity index (χ0n) is 34.9. The van der Waals surface area contributed by atoms with E-state index in [0.29, 0.717) is 12.8 Å². The minimum atomic E-state index is -5.12. The number of ether oxygens (including phenoxy) is 2. The second kappa shape index (κ2) is 33.9. The van der Waals surface area contributed by atoms with Gasteiger partial charge in [0.05, 0.1) is 6.61 Å². The number of phosphoric acid groups is 1. The van der Waals surface area contributed by atoms with Crippen molar-refractivity contribution in [2.24, 2.45) is 0 Å². The quantitative estimate of drug-likeness (QED) is 0.0156. The third-order valence-electron chi connectivity index (χ3n) is 9.95. The van der Waals surface area contributed by atoms with Crippen LogP contribution in [-0.4, -0.2) is 98.3 Å². The van der Waals surface area contributed by atoms with Gasteiger partial charge in [-0.1, -0.05) is 127 Å². The van der Waals surface area contributed by atoms with Crippen LogP contribution in [0.25, 0.3) is 0 Å². The van der Waals surface area contributed by atoms with Crippen LogP contribution in [0.2, 0.25) is 0 Å². The predicted octanol–water partition coefficient (Wildman–Crippen LogP) is 7.83. The highest BCUT2D eigenvalue weighted by Crippen LogP contribution is 2.47. The number of hydrogen-bond donors (Lipinski definition) is 6. The van der Waals surface area contributed by atoms with E-state index in [1.165, 1.54) is 44.9 Å². The lowest BCUT2D eigenvalue weighted by atomic mass is 9.85. The van der Waals surface area contributed by atoms with Gasteiger partial charge in [0.1, 0.15) is 43.2 Å². The summed E-state index contributed by atoms with van der Waals surface area (Å²) in [4.78, 5) is 35.6. The van der Waals surface area contributed by atoms with Gasteiger partial charge >= 0.3 is 19.8 Å². The topological polar surface area (TPSA) is 210 Å². The molecule has 332 valence electrons. The molecule has 0 aliphatic heterocycles. The van der Waals surface area contributed by atoms with Crippen molar-refractivity contribution in [1.29, 1.82) is 0 Å². The SMILES string of the molecule is CCCC/C=C/CCCCCCCC(=O)O[C@@H](COC(=O)CCCCCCCCC/C=C/C/C=C/CCCCC)COP(=O)(O)OC1C(O)C(O)C(O)[C@H](O)C1O. The van der Waals surface area contributed by atoms with Crippen LogP contribution in [0, 0.1) is 0 Å². The monoisotopic (exact) mass is 833 g/mol. The maximum absolute atomic E-state index is 12.8. The molecule has 0 saturated heterocycles. The summed E-state index contributed by atoms with van der Waals surface area (Å²) in [6, 6.07) is 0. The Labute approximate surface area is 342 Å². The summed E-state index contributed by atoms with van der Waals surface area (Å²) in [5, 5.41) is 50.0. The number of phosphoric ester groups is 1. The molecule has 1 saturated carbocycles. The van der Waals surface area contributed by atoms with Gasteiger partial charge in [-0.2, -0.15) is 0 Å². The normalized spacial score (nSPS) is 23.0. The van der Waals surface area contributed by atoms with Gasteiger partial charge in [0.2, 0.25) is 0 Å². The molecule has 1 rings (SSSR count). The first-order valence-corrected chi connectivity index (χ1v) is 23.3. The summed E-state index contributed by atoms with van der Waals surface area (Å²) >= 11 is 0. The molecule has 0 bridgehead atoms. The largest absolute Gasteiger partial charge is 0.472 e. The molecule has 57 heavy (non-hydrogen) atoms. The van der Waals surface area contributed by atoms with Crippen LogP contribution in [0.1, 0.15) is 168 Å². The Balaban J connectivity index is 2.47. The molecule has 0 spiro atoms. The molecule has 1 aliphatic rings. The molecule has 14 heteroatoms. The van der Waals surface area contributed by atoms with E-state index >= 15 is 0 Å². The molecule has 0 radical (unpaired) electrons. The highest BCUT2D eigenvalue weighted by Gasteiger charge is 2.51. The Hall–Kier alpha value is -1.93. The zero-order chi connectivity index (χ0) is 42.2. The van der Waals surface area contributed by atoms with Crippen molar-refractivity contribution < 1.29 is 63.1 Å². The molecule has 0 heterocycles. The second-order valence-electron chi connectivity index (χ2n) is 15.2. The van der Waals surface area contributed by atoms with Crippen LogP contribution in [-0.2, 0) is 32.7 Å². The Kier molecular flexibility index (Phi) is 31.5. The highest BCUT2D eigenvalue weighted by atomic mass is 31.2. The van der Waals surface area contributed by atoms with Crippen molar-refractivity contribution in [3.8, 4) is 0 Å². The average molecular weight is 833 g/mol. The van der Waals surface area contributed by atoms with Crippen molar-refractivity contribution in [3.05, 3.63) is 36.5 Å². The summed E-state index contributed by atoms with van der Waals surface area (Å²) < 4.78 is 33.4. The first-order valence-electron chi connectivity index (χ1n) is 21.8. The summed E-state index contributed by atoms with van der Waals surface area (Å²) in [6.07, 6.45) is 23.5. The predicted molar refractivity (Wildman–Crippen MR) is 221 cm³/mol. The van der Waals surface area contributed by atoms with E-state index in [9.17, 15) is 44.6 Å². The Bertz CT molecular complexity index is 1150. The molecule has 0 amide bonds. The lowest BCUT2D eigenvalue weighted by molar-refractivity contribution is -0.220. The van der Waals surface area contributed by atoms with Gasteiger partial charge in [-0.05, 0) is 64.2 Å². The maximum atomic E-state index is 12.8. The zero-order valence-corrected chi connectivity index (χ0v) is 35.8. The Morgan fingerprint density at radius 1 is 0.544 bits per heavy atom. The fourth-order valence-electron chi connectivity index (χ4n) is 6.36. The van der Waals surface area contributed by atoms with Gasteiger partial charge in [0, 0.05) is 12.8 Å². The lowest BCUT2D eigenvalue weighted by Gasteiger charge is -2.41. The lowest BCUT2D eigenvalue weighted by Crippen LogP contribution is -2.64. The van der Waals surface area contributed by atoms with E-state index in [1.807, 2.05) is 0 Å². The van der Waals surface area contributed by atoms with Crippen LogP contribution in [0.3, 0.4) is 0 Å². The van der Waals surface area contributed by atoms with Crippen LogP contribution in [0.5, 0.6) is 0 Å². The summed E-state index contributed by atoms with van der Waals surface area (Å²) in [6.45, 7) is 3.20. The molecular weight excluding hydrogens is 755 g/mol. The fraction of sp³-hybridized carbons (Fsp3) is 0.814. The van der Waals surface area contributed by atoms with Crippen LogP contribution in [0.4, 0.5) is 0 Å². The second-order valence-corrected chi connectivity index (χ2v) is 16.6. The van der Waals surface area contributed by atoms with E-state index < -0.39 is 75.7 Å². The van der Waals surface area contributed by atoms with Gasteiger partial charge in [0.25, 0.3) is 0 Å². The summed E-state index contributed by atoms with van der Waals surface area (Å²) in [5.74, 6) is -1.12. The van der Waals surface area contributed by atoms with E-state index in [0.717, 1.165) is 83.5 Å². The molecule has 6 unspecified atom stereocenters. The highest BCUT2D eigenvalue weighted by molar-refractivity contribution is 7.47. The van der Waals surface area contributed by atoms with Gasteiger partial charge in [-0.25, -0.2) is 4.57 Å². The molecule has 0 aromatic heterocycles. The molecular formula is C43H77O13P. The first-order chi connectivity index (χ1) is 27.4. The van der Waals surface area contributed by atoms with E-state index in [-0.39, 0.29) is 12.8 Å². The number of esters is 2. The number of aliphatic hydroxyl groups excluding tert-OH is 5. The average Bonchev–Trinajstić information content (AvgIpc) is 3.19. The number of allylic oxidation sites excluding steroid dienone is 6. The van der Waals surface area contributed by atoms with Crippen molar-refractivity contribution in [2.75, 3.05) is 13.2 Å². The Morgan fingerprint density at radius 2 is 0.965 bits per heavy atom. The molecule has 8 atom stereocenters. The molecule has 0 aromatic rings. The number of unbranched alkanes of at least 4 members (excludes halogenated alkanes) is 17. The van der Waals surface area contributed by atoms with Crippen molar-refractivity contribution in [2.45, 2.75) is 211 Å². The van der Waals surface area contributed by atoms with Crippen LogP contribution < -0.4 is 0 Å². The summed E-state index contributed by atoms with van der Waals surface area (Å²) in [5.41, 5.74) is 0. The molecule has 6 N–H and O–H groups in total. The fourth-order valence-corrected chi connectivity index (χ4v) is 7.33. The molecule has 1 fully saturated rings. The number of carbonyl (C=O) groups excluding carboxylic acids is 2. The number of carbonyl (C=O) groups is 2. The van der Waals surface area contributed by atoms with Gasteiger partial charge < -0.3 is 39.9 Å². The number of hydrogen-bond acceptors (Lipinski definition) is 12. The third-order valence-corrected chi connectivity index (χ3v) is 10.9. The molecule has 13 nitrogen and oxygen atoms in total. The van der Waals surface area contributed by atoms with Gasteiger partial charge in [0.15, 0.2) is 6.10 Å². The standard InChI is InChI=1S/C43H77O13P/c1-3-5-7-9-11-13-15-16-17-18-19-20-22-23-25-27-29-31-36(44)53-33-35(55-37(45)32-30-28-26-24-21-14-12-10-8-6-4-2)34-54-57(51,52)56-43-41(49)39(47)38(46)40(48)42(43)50/h10-13,16-17,35,38-43,46-50H,3-9,14-15,18-34H2,1-2H3,(H,51,52)/b12-10+,13-11+,17-16+/t35-,38?,39-,40?,41?,42?,43?/m0/s1. The van der Waals surface area contributed by atoms with Crippen molar-refractivity contribution in [3.63, 3.8) is 0 Å². The molecule has 1 aliphatic carbocycles. The van der Waals surface area contributed by atoms with Crippen molar-refractivity contribution in [1.82, 2.24) is 0 Å².